The average molecular weight is 645 g/mol. The van der Waals surface area contributed by atoms with Gasteiger partial charge in [0, 0.05) is 12.1 Å². The maximum Gasteiger partial charge on any atom is 0.122 e. The fourth-order valence-electron chi connectivity index (χ4n) is 9.48. The minimum absolute atomic E-state index is 0.510. The number of methoxy groups -OCH3 is 1. The van der Waals surface area contributed by atoms with Gasteiger partial charge in [-0.05, 0) is 137 Å². The Balaban J connectivity index is 0.000000185. The van der Waals surface area contributed by atoms with E-state index in [0.717, 1.165) is 30.4 Å². The lowest BCUT2D eigenvalue weighted by atomic mass is 9.85. The van der Waals surface area contributed by atoms with Crippen molar-refractivity contribution in [3.05, 3.63) is 58.7 Å². The molecule has 0 spiro atoms. The van der Waals surface area contributed by atoms with Crippen LogP contribution in [0.4, 0.5) is 0 Å². The van der Waals surface area contributed by atoms with Gasteiger partial charge in [-0.15, -0.1) is 0 Å². The number of hydrogen-bond acceptors (Lipinski definition) is 4. The predicted octanol–water partition coefficient (Wildman–Crippen LogP) is 10.2. The Hall–Kier alpha value is -2.04. The minimum Gasteiger partial charge on any atom is -0.508 e. The third kappa shape index (κ3) is 10.5. The van der Waals surface area contributed by atoms with E-state index in [1.54, 1.807) is 0 Å². The van der Waals surface area contributed by atoms with Crippen LogP contribution in [0.3, 0.4) is 0 Å². The summed E-state index contributed by atoms with van der Waals surface area (Å²) in [6.07, 6.45) is 27.0. The minimum atomic E-state index is 0.510. The molecule has 4 aliphatic rings. The van der Waals surface area contributed by atoms with Gasteiger partial charge < -0.3 is 19.6 Å². The summed E-state index contributed by atoms with van der Waals surface area (Å²) in [6.45, 7) is 9.63. The maximum absolute atomic E-state index is 10.2. The van der Waals surface area contributed by atoms with Crippen LogP contribution in [0.1, 0.15) is 139 Å². The van der Waals surface area contributed by atoms with Crippen molar-refractivity contribution in [2.24, 2.45) is 11.8 Å². The molecule has 1 N–H and O–H groups in total. The zero-order chi connectivity index (χ0) is 32.8. The van der Waals surface area contributed by atoms with Crippen LogP contribution >= 0.6 is 0 Å². The molecule has 0 aromatic heterocycles. The number of nitrogens with zero attached hydrogens (tertiary/aromatic N) is 2. The first-order chi connectivity index (χ1) is 23.1. The van der Waals surface area contributed by atoms with E-state index in [1.165, 1.54) is 164 Å². The van der Waals surface area contributed by atoms with Crippen molar-refractivity contribution >= 4 is 0 Å². The molecule has 0 aliphatic heterocycles. The van der Waals surface area contributed by atoms with E-state index in [1.807, 2.05) is 19.2 Å². The predicted molar refractivity (Wildman–Crippen MR) is 199 cm³/mol. The SMILES string of the molecule is CCCN(CCC1CCCCC1)C1CCc2cccc(O)c2C1.CCCN(CCC1CCCCC1)C1CCc2cccc(OC)c2C1. The standard InChI is InChI=1S/C22H35NO.C21H33NO/c1-3-15-23(16-14-18-8-5-4-6-9-18)20-13-12-19-10-7-11-22(24-2)21(19)17-20;1-2-14-22(15-13-17-7-4-3-5-8-17)19-12-11-18-9-6-10-21(23)20(18)16-19/h7,10-11,18,20H,3-6,8-9,12-17H2,1-2H3;6,9-10,17,19,23H,2-5,7-8,11-16H2,1H3. The molecule has 4 nitrogen and oxygen atoms in total. The number of phenols is 1. The fourth-order valence-corrected chi connectivity index (χ4v) is 9.48. The monoisotopic (exact) mass is 645 g/mol. The molecule has 2 atom stereocenters. The van der Waals surface area contributed by atoms with E-state index in [2.05, 4.69) is 47.9 Å². The first-order valence-electron chi connectivity index (χ1n) is 20.0. The largest absolute Gasteiger partial charge is 0.508 e. The lowest BCUT2D eigenvalue weighted by molar-refractivity contribution is 0.159. The molecular formula is C43H68N2O2. The van der Waals surface area contributed by atoms with Gasteiger partial charge in [0.25, 0.3) is 0 Å². The van der Waals surface area contributed by atoms with Crippen LogP contribution in [0, 0.1) is 11.8 Å². The van der Waals surface area contributed by atoms with Crippen LogP contribution in [0.2, 0.25) is 0 Å². The molecule has 4 heteroatoms. The van der Waals surface area contributed by atoms with Gasteiger partial charge in [0.2, 0.25) is 0 Å². The molecule has 0 heterocycles. The molecule has 2 fully saturated rings. The fraction of sp³-hybridized carbons (Fsp3) is 0.721. The summed E-state index contributed by atoms with van der Waals surface area (Å²) in [7, 11) is 1.81. The highest BCUT2D eigenvalue weighted by Crippen LogP contribution is 2.34. The third-order valence-electron chi connectivity index (χ3n) is 12.2. The van der Waals surface area contributed by atoms with Gasteiger partial charge in [-0.25, -0.2) is 0 Å². The lowest BCUT2D eigenvalue weighted by Gasteiger charge is -2.36. The van der Waals surface area contributed by atoms with Crippen molar-refractivity contribution in [1.29, 1.82) is 0 Å². The highest BCUT2D eigenvalue weighted by molar-refractivity contribution is 5.43. The van der Waals surface area contributed by atoms with Gasteiger partial charge in [0.1, 0.15) is 11.5 Å². The van der Waals surface area contributed by atoms with Crippen LogP contribution in [0.5, 0.6) is 11.5 Å². The smallest absolute Gasteiger partial charge is 0.122 e. The summed E-state index contributed by atoms with van der Waals surface area (Å²) in [4.78, 5) is 5.52. The highest BCUT2D eigenvalue weighted by Gasteiger charge is 2.28. The number of phenolic OH excluding ortho intramolecular Hbond substituents is 1. The summed E-state index contributed by atoms with van der Waals surface area (Å²) >= 11 is 0. The Morgan fingerprint density at radius 3 is 1.62 bits per heavy atom. The molecule has 4 aliphatic carbocycles. The zero-order valence-electron chi connectivity index (χ0n) is 30.5. The van der Waals surface area contributed by atoms with Gasteiger partial charge in [-0.2, -0.15) is 0 Å². The zero-order valence-corrected chi connectivity index (χ0v) is 30.5. The van der Waals surface area contributed by atoms with E-state index >= 15 is 0 Å². The van der Waals surface area contributed by atoms with Crippen LogP contribution in [-0.2, 0) is 25.7 Å². The van der Waals surface area contributed by atoms with Crippen molar-refractivity contribution in [3.63, 3.8) is 0 Å². The van der Waals surface area contributed by atoms with Crippen molar-refractivity contribution in [2.75, 3.05) is 33.3 Å². The lowest BCUT2D eigenvalue weighted by Crippen LogP contribution is -2.41. The van der Waals surface area contributed by atoms with E-state index in [0.29, 0.717) is 17.8 Å². The topological polar surface area (TPSA) is 35.9 Å². The van der Waals surface area contributed by atoms with Crippen LogP contribution in [0.15, 0.2) is 36.4 Å². The Morgan fingerprint density at radius 1 is 0.617 bits per heavy atom. The maximum atomic E-state index is 10.2. The number of aryl methyl sites for hydroxylation is 2. The number of hydrogen-bond donors (Lipinski definition) is 1. The molecule has 0 saturated heterocycles. The quantitative estimate of drug-likeness (QED) is 0.235. The van der Waals surface area contributed by atoms with Gasteiger partial charge in [-0.3, -0.25) is 0 Å². The summed E-state index contributed by atoms with van der Waals surface area (Å²) < 4.78 is 5.64. The molecule has 262 valence electrons. The summed E-state index contributed by atoms with van der Waals surface area (Å²) in [5, 5.41) is 10.2. The van der Waals surface area contributed by atoms with Crippen molar-refractivity contribution < 1.29 is 9.84 Å². The van der Waals surface area contributed by atoms with Crippen LogP contribution in [-0.4, -0.2) is 60.3 Å². The van der Waals surface area contributed by atoms with E-state index in [-0.39, 0.29) is 0 Å². The van der Waals surface area contributed by atoms with Gasteiger partial charge in [0.15, 0.2) is 0 Å². The Morgan fingerprint density at radius 2 is 1.11 bits per heavy atom. The second-order valence-electron chi connectivity index (χ2n) is 15.5. The second-order valence-corrected chi connectivity index (χ2v) is 15.5. The van der Waals surface area contributed by atoms with Crippen LogP contribution < -0.4 is 4.74 Å². The van der Waals surface area contributed by atoms with E-state index < -0.39 is 0 Å². The van der Waals surface area contributed by atoms with E-state index in [9.17, 15) is 5.11 Å². The Kier molecular flexibility index (Phi) is 14.8. The Bertz CT molecular complexity index is 1170. The molecule has 2 saturated carbocycles. The highest BCUT2D eigenvalue weighted by atomic mass is 16.5. The molecule has 0 amide bonds. The van der Waals surface area contributed by atoms with Gasteiger partial charge >= 0.3 is 0 Å². The number of benzene rings is 2. The first kappa shape index (κ1) is 36.2. The number of rotatable bonds is 13. The second kappa shape index (κ2) is 19.2. The van der Waals surface area contributed by atoms with Crippen molar-refractivity contribution in [2.45, 2.75) is 154 Å². The van der Waals surface area contributed by atoms with Gasteiger partial charge in [-0.1, -0.05) is 102 Å². The molecule has 2 aromatic carbocycles. The first-order valence-corrected chi connectivity index (χ1v) is 20.0. The average Bonchev–Trinajstić information content (AvgIpc) is 3.12. The normalized spacial score (nSPS) is 22.0. The van der Waals surface area contributed by atoms with Crippen molar-refractivity contribution in [3.8, 4) is 11.5 Å². The molecule has 0 bridgehead atoms. The Labute approximate surface area is 288 Å². The molecule has 47 heavy (non-hydrogen) atoms. The number of ether oxygens (including phenoxy) is 1. The number of aromatic hydroxyl groups is 1. The summed E-state index contributed by atoms with van der Waals surface area (Å²) in [5.41, 5.74) is 5.55. The van der Waals surface area contributed by atoms with E-state index in [4.69, 9.17) is 4.74 Å². The summed E-state index contributed by atoms with van der Waals surface area (Å²) in [6, 6.07) is 13.9. The molecular weight excluding hydrogens is 576 g/mol. The van der Waals surface area contributed by atoms with Crippen LogP contribution in [0.25, 0.3) is 0 Å². The third-order valence-corrected chi connectivity index (χ3v) is 12.2. The molecule has 0 radical (unpaired) electrons. The van der Waals surface area contributed by atoms with Gasteiger partial charge in [0.05, 0.1) is 7.11 Å². The molecule has 6 rings (SSSR count). The van der Waals surface area contributed by atoms with Crippen molar-refractivity contribution in [1.82, 2.24) is 9.80 Å². The summed E-state index contributed by atoms with van der Waals surface area (Å²) in [5.74, 6) is 3.56. The molecule has 2 aromatic rings. The molecule has 2 unspecified atom stereocenters. The number of fused-ring (bicyclic) bond motifs is 2.